The van der Waals surface area contributed by atoms with E-state index in [2.05, 4.69) is 45.2 Å². The topological polar surface area (TPSA) is 167 Å². The molecule has 0 radical (unpaired) electrons. The third-order valence-electron chi connectivity index (χ3n) is 8.96. The van der Waals surface area contributed by atoms with Gasteiger partial charge in [-0.25, -0.2) is 28.8 Å². The highest BCUT2D eigenvalue weighted by molar-refractivity contribution is 6.30. The van der Waals surface area contributed by atoms with Crippen LogP contribution in [-0.4, -0.2) is 82.1 Å². The molecule has 0 amide bonds. The smallest absolute Gasteiger partial charge is 0.417 e. The predicted molar refractivity (Wildman–Crippen MR) is 217 cm³/mol. The van der Waals surface area contributed by atoms with Gasteiger partial charge in [-0.3, -0.25) is 0 Å². The predicted octanol–water partition coefficient (Wildman–Crippen LogP) is 7.18. The van der Waals surface area contributed by atoms with Crippen LogP contribution in [0.25, 0.3) is 11.1 Å². The number of esters is 6. The van der Waals surface area contributed by atoms with Crippen molar-refractivity contribution in [3.8, 4) is 16.9 Å². The summed E-state index contributed by atoms with van der Waals surface area (Å²) in [7, 11) is 0. The summed E-state index contributed by atoms with van der Waals surface area (Å²) in [6, 6.07) is 12.2. The molecule has 0 aliphatic rings. The fourth-order valence-corrected chi connectivity index (χ4v) is 5.70. The lowest BCUT2D eigenvalue weighted by atomic mass is 9.91. The monoisotopic (exact) mass is 808 g/mol. The molecular weight excluding hydrogens is 748 g/mol. The summed E-state index contributed by atoms with van der Waals surface area (Å²) in [6.07, 6.45) is 8.64. The van der Waals surface area contributed by atoms with Crippen LogP contribution in [-0.2, 0) is 76.5 Å². The lowest BCUT2D eigenvalue weighted by Gasteiger charge is -2.32. The molecule has 0 N–H and O–H groups in total. The summed E-state index contributed by atoms with van der Waals surface area (Å²) in [5.41, 5.74) is 3.85. The minimum Gasteiger partial charge on any atom is -0.492 e. The van der Waals surface area contributed by atoms with Gasteiger partial charge >= 0.3 is 35.8 Å². The van der Waals surface area contributed by atoms with Crippen LogP contribution in [0, 0.1) is 5.41 Å². The van der Waals surface area contributed by atoms with Crippen molar-refractivity contribution < 1.29 is 61.9 Å². The number of rotatable bonds is 25. The van der Waals surface area contributed by atoms with Gasteiger partial charge < -0.3 is 33.2 Å². The van der Waals surface area contributed by atoms with Gasteiger partial charge in [-0.2, -0.15) is 0 Å². The first-order valence-electron chi connectivity index (χ1n) is 19.9. The van der Waals surface area contributed by atoms with Gasteiger partial charge in [-0.1, -0.05) is 77.0 Å². The second-order valence-corrected chi connectivity index (χ2v) is 14.1. The van der Waals surface area contributed by atoms with Gasteiger partial charge in [0, 0.05) is 11.1 Å². The van der Waals surface area contributed by atoms with E-state index in [1.165, 1.54) is 57.6 Å². The fraction of sp³-hybridized carbons (Fsp3) is 0.511. The molecular formula is C45H60O13. The van der Waals surface area contributed by atoms with Gasteiger partial charge in [0.05, 0.1) is 19.8 Å². The van der Waals surface area contributed by atoms with E-state index >= 15 is 0 Å². The van der Waals surface area contributed by atoms with E-state index in [1.807, 2.05) is 12.1 Å². The van der Waals surface area contributed by atoms with Crippen molar-refractivity contribution in [1.82, 2.24) is 0 Å². The molecule has 0 bridgehead atoms. The Balaban J connectivity index is 2.57. The van der Waals surface area contributed by atoms with Crippen molar-refractivity contribution in [2.75, 3.05) is 46.2 Å². The van der Waals surface area contributed by atoms with Crippen molar-refractivity contribution in [1.29, 1.82) is 0 Å². The molecule has 0 aliphatic heterocycles. The van der Waals surface area contributed by atoms with Gasteiger partial charge in [0.2, 0.25) is 0 Å². The molecule has 0 fully saturated rings. The zero-order valence-electron chi connectivity index (χ0n) is 35.0. The first kappa shape index (κ1) is 48.7. The van der Waals surface area contributed by atoms with Crippen LogP contribution in [0.5, 0.6) is 5.75 Å². The SMILES string of the molecule is C=C(C)C(=O)OCCCc1cc(-c2ccc(CCCCCCC)cc2CC)ccc1OCC(COC(=O)C(=C)C)(COC(=O)C(=O)OCC)COC(=O)C(=O)OCC. The zero-order chi connectivity index (χ0) is 43.1. The Hall–Kier alpha value is -5.46. The van der Waals surface area contributed by atoms with Crippen LogP contribution in [0.15, 0.2) is 60.7 Å². The lowest BCUT2D eigenvalue weighted by molar-refractivity contribution is -0.178. The van der Waals surface area contributed by atoms with E-state index < -0.39 is 67.7 Å². The number of carbonyl (C=O) groups is 6. The molecule has 2 rings (SSSR count). The largest absolute Gasteiger partial charge is 0.492 e. The van der Waals surface area contributed by atoms with Crippen LogP contribution < -0.4 is 4.74 Å². The Morgan fingerprint density at radius 1 is 0.552 bits per heavy atom. The fourth-order valence-electron chi connectivity index (χ4n) is 5.70. The maximum Gasteiger partial charge on any atom is 0.417 e. The normalized spacial score (nSPS) is 10.9. The summed E-state index contributed by atoms with van der Waals surface area (Å²) >= 11 is 0. The number of hydrogen-bond acceptors (Lipinski definition) is 13. The van der Waals surface area contributed by atoms with Crippen molar-refractivity contribution in [3.63, 3.8) is 0 Å². The number of ether oxygens (including phenoxy) is 7. The van der Waals surface area contributed by atoms with Gasteiger partial charge in [-0.15, -0.1) is 0 Å². The Morgan fingerprint density at radius 3 is 1.66 bits per heavy atom. The van der Waals surface area contributed by atoms with Crippen LogP contribution in [0.3, 0.4) is 0 Å². The third kappa shape index (κ3) is 16.6. The Morgan fingerprint density at radius 2 is 1.10 bits per heavy atom. The number of unbranched alkanes of at least 4 members (excludes halogenated alkanes) is 4. The molecule has 0 spiro atoms. The number of carbonyl (C=O) groups excluding carboxylic acids is 6. The molecule has 0 unspecified atom stereocenters. The molecule has 0 heterocycles. The Labute approximate surface area is 342 Å². The van der Waals surface area contributed by atoms with E-state index in [9.17, 15) is 28.8 Å². The molecule has 2 aromatic rings. The van der Waals surface area contributed by atoms with E-state index in [1.54, 1.807) is 13.0 Å². The number of hydrogen-bond donors (Lipinski definition) is 0. The minimum absolute atomic E-state index is 0.0542. The molecule has 0 saturated carbocycles. The van der Waals surface area contributed by atoms with Crippen molar-refractivity contribution in [2.45, 2.75) is 99.3 Å². The zero-order valence-corrected chi connectivity index (χ0v) is 35.0. The Bertz CT molecular complexity index is 1710. The second kappa shape index (κ2) is 25.7. The van der Waals surface area contributed by atoms with E-state index in [-0.39, 0.29) is 31.0 Å². The molecule has 318 valence electrons. The van der Waals surface area contributed by atoms with Gasteiger partial charge in [0.25, 0.3) is 0 Å². The quantitative estimate of drug-likeness (QED) is 0.0326. The standard InChI is InChI=1S/C45H60O13/c1-9-13-14-15-16-18-33-20-22-37(34(10-2)25-33)35-21-23-38(36(26-35)19-17-24-54-39(46)31(5)6)55-27-45(28-56-40(47)32(7)8,29-57-43(50)41(48)52-11-3)30-58-44(51)42(49)53-12-4/h20-23,25-26H,5,7,9-19,24,27-30H2,1-4,6,8H3. The Kier molecular flexibility index (Phi) is 21.6. The molecule has 58 heavy (non-hydrogen) atoms. The van der Waals surface area contributed by atoms with Crippen LogP contribution in [0.1, 0.15) is 96.8 Å². The summed E-state index contributed by atoms with van der Waals surface area (Å²) in [6.45, 7) is 15.2. The number of benzene rings is 2. The second-order valence-electron chi connectivity index (χ2n) is 14.1. The van der Waals surface area contributed by atoms with Gasteiger partial charge in [0.15, 0.2) is 0 Å². The summed E-state index contributed by atoms with van der Waals surface area (Å²) in [5.74, 6) is -6.17. The molecule has 2 aromatic carbocycles. The average Bonchev–Trinajstić information content (AvgIpc) is 3.21. The summed E-state index contributed by atoms with van der Waals surface area (Å²) in [5, 5.41) is 0. The van der Waals surface area contributed by atoms with Gasteiger partial charge in [0.1, 0.15) is 37.6 Å². The maximum atomic E-state index is 12.6. The molecule has 0 atom stereocenters. The van der Waals surface area contributed by atoms with E-state index in [0.29, 0.717) is 18.6 Å². The van der Waals surface area contributed by atoms with Gasteiger partial charge in [-0.05, 0) is 99.7 Å². The molecule has 13 heteroatoms. The average molecular weight is 809 g/mol. The highest BCUT2D eigenvalue weighted by atomic mass is 16.6. The minimum atomic E-state index is -1.66. The first-order valence-corrected chi connectivity index (χ1v) is 19.9. The van der Waals surface area contributed by atoms with Crippen molar-refractivity contribution in [3.05, 3.63) is 77.4 Å². The molecule has 13 nitrogen and oxygen atoms in total. The molecule has 0 saturated heterocycles. The van der Waals surface area contributed by atoms with E-state index in [0.717, 1.165) is 36.0 Å². The summed E-state index contributed by atoms with van der Waals surface area (Å²) < 4.78 is 37.2. The molecule has 0 aromatic heterocycles. The molecule has 0 aliphatic carbocycles. The van der Waals surface area contributed by atoms with Crippen LogP contribution in [0.4, 0.5) is 0 Å². The summed E-state index contributed by atoms with van der Waals surface area (Å²) in [4.78, 5) is 74.1. The highest BCUT2D eigenvalue weighted by Gasteiger charge is 2.39. The lowest BCUT2D eigenvalue weighted by Crippen LogP contribution is -2.45. The first-order chi connectivity index (χ1) is 27.7. The van der Waals surface area contributed by atoms with Crippen LogP contribution >= 0.6 is 0 Å². The third-order valence-corrected chi connectivity index (χ3v) is 8.96. The van der Waals surface area contributed by atoms with E-state index in [4.69, 9.17) is 33.2 Å². The van der Waals surface area contributed by atoms with Crippen molar-refractivity contribution >= 4 is 35.8 Å². The number of aryl methyl sites for hydroxylation is 3. The highest BCUT2D eigenvalue weighted by Crippen LogP contribution is 2.33. The maximum absolute atomic E-state index is 12.6. The van der Waals surface area contributed by atoms with Crippen molar-refractivity contribution in [2.24, 2.45) is 5.41 Å². The van der Waals surface area contributed by atoms with Crippen LogP contribution in [0.2, 0.25) is 0 Å².